The fraction of sp³-hybridized carbons (Fsp3) is 0.538. The lowest BCUT2D eigenvalue weighted by Crippen LogP contribution is -2.36. The minimum Gasteiger partial charge on any atom is -0.349 e. The molecule has 1 heterocycles. The molecule has 1 saturated carbocycles. The number of amides is 1. The highest BCUT2D eigenvalue weighted by molar-refractivity contribution is 5.94. The van der Waals surface area contributed by atoms with Gasteiger partial charge in [0.15, 0.2) is 0 Å². The van der Waals surface area contributed by atoms with Crippen LogP contribution in [0.4, 0.5) is 0 Å². The molecule has 0 saturated heterocycles. The van der Waals surface area contributed by atoms with Crippen molar-refractivity contribution in [3.63, 3.8) is 0 Å². The standard InChI is InChI=1S/C13H18N2O/c1-10-7-11(9-14-8-10)13(16)15-12-5-3-2-4-6-12/h7-9,12H,2-6H2,1H3,(H,15,16). The number of nitrogens with zero attached hydrogens (tertiary/aromatic N) is 1. The second kappa shape index (κ2) is 5.10. The molecule has 0 bridgehead atoms. The average Bonchev–Trinajstić information content (AvgIpc) is 2.30. The van der Waals surface area contributed by atoms with Crippen molar-refractivity contribution in [3.8, 4) is 0 Å². The smallest absolute Gasteiger partial charge is 0.253 e. The fourth-order valence-electron chi connectivity index (χ4n) is 2.19. The summed E-state index contributed by atoms with van der Waals surface area (Å²) in [5.41, 5.74) is 1.70. The summed E-state index contributed by atoms with van der Waals surface area (Å²) in [6.45, 7) is 1.95. The van der Waals surface area contributed by atoms with E-state index in [1.165, 1.54) is 19.3 Å². The van der Waals surface area contributed by atoms with Gasteiger partial charge in [0.05, 0.1) is 5.56 Å². The molecule has 0 spiro atoms. The van der Waals surface area contributed by atoms with E-state index in [2.05, 4.69) is 10.3 Å². The number of hydrogen-bond acceptors (Lipinski definition) is 2. The molecule has 1 aliphatic carbocycles. The van der Waals surface area contributed by atoms with Gasteiger partial charge in [-0.2, -0.15) is 0 Å². The van der Waals surface area contributed by atoms with Crippen molar-refractivity contribution < 1.29 is 4.79 Å². The number of hydrogen-bond donors (Lipinski definition) is 1. The van der Waals surface area contributed by atoms with Gasteiger partial charge in [-0.15, -0.1) is 0 Å². The topological polar surface area (TPSA) is 42.0 Å². The lowest BCUT2D eigenvalue weighted by atomic mass is 9.95. The predicted octanol–water partition coefficient (Wildman–Crippen LogP) is 2.45. The molecule has 1 N–H and O–H groups in total. The summed E-state index contributed by atoms with van der Waals surface area (Å²) in [5.74, 6) is 0.0168. The van der Waals surface area contributed by atoms with Gasteiger partial charge in [-0.3, -0.25) is 9.78 Å². The van der Waals surface area contributed by atoms with Crippen LogP contribution in [0.25, 0.3) is 0 Å². The maximum absolute atomic E-state index is 11.9. The Morgan fingerprint density at radius 3 is 2.75 bits per heavy atom. The van der Waals surface area contributed by atoms with E-state index in [0.717, 1.165) is 18.4 Å². The molecule has 1 aromatic rings. The number of aryl methyl sites for hydroxylation is 1. The van der Waals surface area contributed by atoms with Crippen LogP contribution in [-0.4, -0.2) is 16.9 Å². The Morgan fingerprint density at radius 1 is 1.31 bits per heavy atom. The van der Waals surface area contributed by atoms with Gasteiger partial charge in [0.2, 0.25) is 0 Å². The van der Waals surface area contributed by atoms with Crippen LogP contribution in [0.1, 0.15) is 48.0 Å². The summed E-state index contributed by atoms with van der Waals surface area (Å²) in [6, 6.07) is 2.24. The second-order valence-electron chi connectivity index (χ2n) is 4.56. The molecule has 0 unspecified atom stereocenters. The molecule has 0 aliphatic heterocycles. The molecule has 0 atom stereocenters. The molecule has 1 amide bonds. The Labute approximate surface area is 96.3 Å². The maximum atomic E-state index is 11.9. The van der Waals surface area contributed by atoms with Crippen molar-refractivity contribution in [1.82, 2.24) is 10.3 Å². The van der Waals surface area contributed by atoms with Crippen molar-refractivity contribution >= 4 is 5.91 Å². The number of nitrogens with one attached hydrogen (secondary N) is 1. The van der Waals surface area contributed by atoms with Crippen LogP contribution in [0.2, 0.25) is 0 Å². The van der Waals surface area contributed by atoms with E-state index in [1.807, 2.05) is 13.0 Å². The van der Waals surface area contributed by atoms with Crippen LogP contribution >= 0.6 is 0 Å². The predicted molar refractivity (Wildman–Crippen MR) is 63.3 cm³/mol. The largest absolute Gasteiger partial charge is 0.349 e. The minimum absolute atomic E-state index is 0.0168. The monoisotopic (exact) mass is 218 g/mol. The van der Waals surface area contributed by atoms with E-state index >= 15 is 0 Å². The normalized spacial score (nSPS) is 17.1. The van der Waals surface area contributed by atoms with Crippen molar-refractivity contribution in [2.45, 2.75) is 45.1 Å². The molecule has 16 heavy (non-hydrogen) atoms. The summed E-state index contributed by atoms with van der Waals surface area (Å²) in [7, 11) is 0. The van der Waals surface area contributed by atoms with Crippen molar-refractivity contribution in [3.05, 3.63) is 29.6 Å². The highest BCUT2D eigenvalue weighted by atomic mass is 16.1. The van der Waals surface area contributed by atoms with Crippen molar-refractivity contribution in [2.24, 2.45) is 0 Å². The lowest BCUT2D eigenvalue weighted by molar-refractivity contribution is 0.0927. The zero-order chi connectivity index (χ0) is 11.4. The summed E-state index contributed by atoms with van der Waals surface area (Å²) in [6.07, 6.45) is 9.39. The number of carbonyl (C=O) groups excluding carboxylic acids is 1. The zero-order valence-electron chi connectivity index (χ0n) is 9.70. The average molecular weight is 218 g/mol. The molecule has 3 heteroatoms. The molecular formula is C13H18N2O. The third-order valence-corrected chi connectivity index (χ3v) is 3.08. The third-order valence-electron chi connectivity index (χ3n) is 3.08. The summed E-state index contributed by atoms with van der Waals surface area (Å²) in [4.78, 5) is 16.0. The first-order valence-corrected chi connectivity index (χ1v) is 5.98. The SMILES string of the molecule is Cc1cncc(C(=O)NC2CCCCC2)c1. The Hall–Kier alpha value is -1.38. The van der Waals surface area contributed by atoms with E-state index in [0.29, 0.717) is 11.6 Å². The molecule has 86 valence electrons. The minimum atomic E-state index is 0.0168. The van der Waals surface area contributed by atoms with E-state index in [9.17, 15) is 4.79 Å². The van der Waals surface area contributed by atoms with E-state index in [-0.39, 0.29) is 5.91 Å². The summed E-state index contributed by atoms with van der Waals surface area (Å²) in [5, 5.41) is 3.08. The molecule has 3 nitrogen and oxygen atoms in total. The quantitative estimate of drug-likeness (QED) is 0.828. The highest BCUT2D eigenvalue weighted by Crippen LogP contribution is 2.17. The van der Waals surface area contributed by atoms with Gasteiger partial charge in [-0.1, -0.05) is 19.3 Å². The van der Waals surface area contributed by atoms with Crippen LogP contribution < -0.4 is 5.32 Å². The van der Waals surface area contributed by atoms with E-state index in [1.54, 1.807) is 12.4 Å². The maximum Gasteiger partial charge on any atom is 0.253 e. The van der Waals surface area contributed by atoms with Crippen molar-refractivity contribution in [1.29, 1.82) is 0 Å². The van der Waals surface area contributed by atoms with Crippen LogP contribution in [0.3, 0.4) is 0 Å². The molecule has 2 rings (SSSR count). The van der Waals surface area contributed by atoms with Gasteiger partial charge >= 0.3 is 0 Å². The number of carbonyl (C=O) groups is 1. The van der Waals surface area contributed by atoms with E-state index < -0.39 is 0 Å². The van der Waals surface area contributed by atoms with Gasteiger partial charge in [0.25, 0.3) is 5.91 Å². The summed E-state index contributed by atoms with van der Waals surface area (Å²) >= 11 is 0. The summed E-state index contributed by atoms with van der Waals surface area (Å²) < 4.78 is 0. The molecule has 0 aromatic carbocycles. The molecular weight excluding hydrogens is 200 g/mol. The van der Waals surface area contributed by atoms with Gasteiger partial charge in [0.1, 0.15) is 0 Å². The number of rotatable bonds is 2. The molecule has 1 aliphatic rings. The van der Waals surface area contributed by atoms with Gasteiger partial charge in [0, 0.05) is 18.4 Å². The van der Waals surface area contributed by atoms with Crippen LogP contribution in [0.5, 0.6) is 0 Å². The van der Waals surface area contributed by atoms with Crippen molar-refractivity contribution in [2.75, 3.05) is 0 Å². The second-order valence-corrected chi connectivity index (χ2v) is 4.56. The van der Waals surface area contributed by atoms with Gasteiger partial charge < -0.3 is 5.32 Å². The Bertz CT molecular complexity index is 370. The third kappa shape index (κ3) is 2.81. The Balaban J connectivity index is 1.97. The fourth-order valence-corrected chi connectivity index (χ4v) is 2.19. The number of pyridine rings is 1. The zero-order valence-corrected chi connectivity index (χ0v) is 9.70. The highest BCUT2D eigenvalue weighted by Gasteiger charge is 2.16. The first kappa shape index (κ1) is 11.1. The van der Waals surface area contributed by atoms with Crippen LogP contribution in [0, 0.1) is 6.92 Å². The number of aromatic nitrogens is 1. The lowest BCUT2D eigenvalue weighted by Gasteiger charge is -2.22. The molecule has 1 fully saturated rings. The van der Waals surface area contributed by atoms with Gasteiger partial charge in [-0.25, -0.2) is 0 Å². The Kier molecular flexibility index (Phi) is 3.54. The molecule has 0 radical (unpaired) electrons. The van der Waals surface area contributed by atoms with E-state index in [4.69, 9.17) is 0 Å². The van der Waals surface area contributed by atoms with Crippen LogP contribution in [-0.2, 0) is 0 Å². The Morgan fingerprint density at radius 2 is 2.06 bits per heavy atom. The first-order chi connectivity index (χ1) is 7.75. The van der Waals surface area contributed by atoms with Crippen LogP contribution in [0.15, 0.2) is 18.5 Å². The first-order valence-electron chi connectivity index (χ1n) is 5.98. The van der Waals surface area contributed by atoms with Gasteiger partial charge in [-0.05, 0) is 31.4 Å². The molecule has 1 aromatic heterocycles.